The largest absolute Gasteiger partial charge is 0.391 e. The molecule has 2 aromatic rings. The lowest BCUT2D eigenvalue weighted by atomic mass is 9.86. The topological polar surface area (TPSA) is 93.3 Å². The number of ketones is 1. The minimum absolute atomic E-state index is 0.114. The van der Waals surface area contributed by atoms with E-state index in [2.05, 4.69) is 27.9 Å². The number of nitriles is 1. The van der Waals surface area contributed by atoms with Crippen LogP contribution in [0.1, 0.15) is 31.7 Å². The van der Waals surface area contributed by atoms with Crippen LogP contribution in [0.5, 0.6) is 0 Å². The summed E-state index contributed by atoms with van der Waals surface area (Å²) in [4.78, 5) is 25.5. The number of Topliss-reactive ketones (excluding diaryl/α,β-unsaturated/α-hetero) is 1. The van der Waals surface area contributed by atoms with E-state index < -0.39 is 6.10 Å². The Balaban J connectivity index is 1.75. The fourth-order valence-corrected chi connectivity index (χ4v) is 4.37. The SMILES string of the molecule is C[C@H]1C[C@@H](CC(=O)C[C@H](O)CN(C)C)CN(c2ccc(C#N)c3nccnc23)C1. The number of rotatable bonds is 7. The number of nitrogens with zero attached hydrogens (tertiary/aromatic N) is 5. The van der Waals surface area contributed by atoms with Crippen LogP contribution < -0.4 is 4.90 Å². The lowest BCUT2D eigenvalue weighted by molar-refractivity contribution is -0.122. The number of aliphatic hydroxyl groups is 1. The summed E-state index contributed by atoms with van der Waals surface area (Å²) in [7, 11) is 3.78. The molecule has 2 heterocycles. The first kappa shape index (κ1) is 21.2. The van der Waals surface area contributed by atoms with Gasteiger partial charge in [0.25, 0.3) is 0 Å². The molecular weight excluding hydrogens is 366 g/mol. The molecule has 0 unspecified atom stereocenters. The Hall–Kier alpha value is -2.56. The van der Waals surface area contributed by atoms with Crippen molar-refractivity contribution >= 4 is 22.5 Å². The minimum Gasteiger partial charge on any atom is -0.391 e. The van der Waals surface area contributed by atoms with Gasteiger partial charge < -0.3 is 14.9 Å². The van der Waals surface area contributed by atoms with E-state index >= 15 is 0 Å². The van der Waals surface area contributed by atoms with Crippen LogP contribution >= 0.6 is 0 Å². The normalized spacial score (nSPS) is 20.6. The second kappa shape index (κ2) is 9.29. The van der Waals surface area contributed by atoms with Crippen LogP contribution in [0.3, 0.4) is 0 Å². The number of likely N-dealkylation sites (N-methyl/N-ethyl adjacent to an activating group) is 1. The monoisotopic (exact) mass is 395 g/mol. The van der Waals surface area contributed by atoms with Gasteiger partial charge in [-0.1, -0.05) is 6.92 Å². The van der Waals surface area contributed by atoms with Crippen LogP contribution in [0.15, 0.2) is 24.5 Å². The van der Waals surface area contributed by atoms with Gasteiger partial charge in [0.1, 0.15) is 22.9 Å². The zero-order chi connectivity index (χ0) is 21.0. The average Bonchev–Trinajstić information content (AvgIpc) is 2.65. The van der Waals surface area contributed by atoms with Crippen molar-refractivity contribution in [3.63, 3.8) is 0 Å². The van der Waals surface area contributed by atoms with Gasteiger partial charge in [-0.25, -0.2) is 0 Å². The summed E-state index contributed by atoms with van der Waals surface area (Å²) < 4.78 is 0. The molecule has 1 aromatic heterocycles. The number of anilines is 1. The van der Waals surface area contributed by atoms with Crippen molar-refractivity contribution in [2.45, 2.75) is 32.3 Å². The number of hydrogen-bond acceptors (Lipinski definition) is 7. The Bertz CT molecular complexity index is 908. The molecule has 1 aliphatic heterocycles. The van der Waals surface area contributed by atoms with Gasteiger partial charge in [0, 0.05) is 44.9 Å². The number of hydrogen-bond donors (Lipinski definition) is 1. The van der Waals surface area contributed by atoms with Crippen molar-refractivity contribution in [2.24, 2.45) is 11.8 Å². The first-order valence-corrected chi connectivity index (χ1v) is 10.1. The molecule has 0 radical (unpaired) electrons. The predicted molar refractivity (Wildman–Crippen MR) is 113 cm³/mol. The van der Waals surface area contributed by atoms with Crippen LogP contribution in [0, 0.1) is 23.2 Å². The number of fused-ring (bicyclic) bond motifs is 1. The van der Waals surface area contributed by atoms with Gasteiger partial charge in [0.05, 0.1) is 17.4 Å². The molecule has 0 amide bonds. The number of carbonyl (C=O) groups excluding carboxylic acids is 1. The Morgan fingerprint density at radius 2 is 2.03 bits per heavy atom. The highest BCUT2D eigenvalue weighted by Gasteiger charge is 2.28. The molecule has 1 saturated heterocycles. The van der Waals surface area contributed by atoms with E-state index in [1.165, 1.54) is 0 Å². The summed E-state index contributed by atoms with van der Waals surface area (Å²) in [5.41, 5.74) is 2.82. The van der Waals surface area contributed by atoms with Gasteiger partial charge in [-0.05, 0) is 44.5 Å². The quantitative estimate of drug-likeness (QED) is 0.768. The van der Waals surface area contributed by atoms with Gasteiger partial charge in [0.2, 0.25) is 0 Å². The molecule has 1 aliphatic rings. The Labute approximate surface area is 172 Å². The lowest BCUT2D eigenvalue weighted by Gasteiger charge is -2.38. The molecule has 29 heavy (non-hydrogen) atoms. The molecule has 0 spiro atoms. The summed E-state index contributed by atoms with van der Waals surface area (Å²) in [5, 5.41) is 19.4. The second-order valence-corrected chi connectivity index (χ2v) is 8.47. The van der Waals surface area contributed by atoms with Gasteiger partial charge in [0.15, 0.2) is 0 Å². The van der Waals surface area contributed by atoms with Crippen molar-refractivity contribution in [1.29, 1.82) is 5.26 Å². The predicted octanol–water partition coefficient (Wildman–Crippen LogP) is 2.24. The minimum atomic E-state index is -0.618. The van der Waals surface area contributed by atoms with E-state index in [0.29, 0.717) is 30.0 Å². The Kier molecular flexibility index (Phi) is 6.78. The third-order valence-corrected chi connectivity index (χ3v) is 5.37. The summed E-state index contributed by atoms with van der Waals surface area (Å²) in [5.74, 6) is 0.790. The maximum absolute atomic E-state index is 12.5. The molecule has 0 saturated carbocycles. The van der Waals surface area contributed by atoms with Gasteiger partial charge in [-0.3, -0.25) is 14.8 Å². The molecule has 0 bridgehead atoms. The van der Waals surface area contributed by atoms with E-state index in [-0.39, 0.29) is 18.1 Å². The third kappa shape index (κ3) is 5.28. The molecule has 7 nitrogen and oxygen atoms in total. The van der Waals surface area contributed by atoms with Crippen molar-refractivity contribution in [1.82, 2.24) is 14.9 Å². The third-order valence-electron chi connectivity index (χ3n) is 5.37. The zero-order valence-electron chi connectivity index (χ0n) is 17.4. The summed E-state index contributed by atoms with van der Waals surface area (Å²) in [6, 6.07) is 5.92. The van der Waals surface area contributed by atoms with E-state index in [4.69, 9.17) is 0 Å². The Morgan fingerprint density at radius 3 is 2.72 bits per heavy atom. The molecule has 3 atom stereocenters. The molecule has 0 aliphatic carbocycles. The van der Waals surface area contributed by atoms with Crippen LogP contribution in [-0.4, -0.2) is 65.6 Å². The first-order chi connectivity index (χ1) is 13.9. The van der Waals surface area contributed by atoms with E-state index in [0.717, 1.165) is 30.7 Å². The molecule has 3 rings (SSSR count). The van der Waals surface area contributed by atoms with E-state index in [1.807, 2.05) is 25.1 Å². The standard InChI is InChI=1S/C22H29N5O2/c1-15-8-16(9-18(28)10-19(29)14-26(2)3)13-27(12-15)20-5-4-17(11-23)21-22(20)25-7-6-24-21/h4-7,15-16,19,29H,8-10,12-14H2,1-3H3/t15-,16-,19-/m0/s1. The Morgan fingerprint density at radius 1 is 1.31 bits per heavy atom. The molecule has 1 fully saturated rings. The van der Waals surface area contributed by atoms with Crippen LogP contribution in [0.2, 0.25) is 0 Å². The van der Waals surface area contributed by atoms with Gasteiger partial charge in [-0.2, -0.15) is 5.26 Å². The number of benzene rings is 1. The van der Waals surface area contributed by atoms with Crippen molar-refractivity contribution in [3.8, 4) is 6.07 Å². The summed E-state index contributed by atoms with van der Waals surface area (Å²) in [6.07, 6.45) is 4.30. The number of aliphatic hydroxyl groups excluding tert-OH is 1. The summed E-state index contributed by atoms with van der Waals surface area (Å²) >= 11 is 0. The highest BCUT2D eigenvalue weighted by atomic mass is 16.3. The van der Waals surface area contributed by atoms with Crippen LogP contribution in [-0.2, 0) is 4.79 Å². The smallest absolute Gasteiger partial charge is 0.135 e. The maximum Gasteiger partial charge on any atom is 0.135 e. The molecule has 154 valence electrons. The molecule has 1 aromatic carbocycles. The van der Waals surface area contributed by atoms with Crippen molar-refractivity contribution in [3.05, 3.63) is 30.1 Å². The number of carbonyl (C=O) groups is 1. The van der Waals surface area contributed by atoms with Crippen LogP contribution in [0.25, 0.3) is 11.0 Å². The maximum atomic E-state index is 12.5. The number of piperidine rings is 1. The second-order valence-electron chi connectivity index (χ2n) is 8.47. The molecular formula is C22H29N5O2. The number of aromatic nitrogens is 2. The van der Waals surface area contributed by atoms with Crippen LogP contribution in [0.4, 0.5) is 5.69 Å². The summed E-state index contributed by atoms with van der Waals surface area (Å²) in [6.45, 7) is 4.33. The fourth-order valence-electron chi connectivity index (χ4n) is 4.37. The van der Waals surface area contributed by atoms with Gasteiger partial charge >= 0.3 is 0 Å². The van der Waals surface area contributed by atoms with Gasteiger partial charge in [-0.15, -0.1) is 0 Å². The lowest BCUT2D eigenvalue weighted by Crippen LogP contribution is -2.41. The van der Waals surface area contributed by atoms with E-state index in [1.54, 1.807) is 18.5 Å². The average molecular weight is 396 g/mol. The van der Waals surface area contributed by atoms with Crippen molar-refractivity contribution < 1.29 is 9.90 Å². The zero-order valence-corrected chi connectivity index (χ0v) is 17.4. The molecule has 7 heteroatoms. The molecule has 1 N–H and O–H groups in total. The highest BCUT2D eigenvalue weighted by Crippen LogP contribution is 2.33. The highest BCUT2D eigenvalue weighted by molar-refractivity contribution is 5.92. The van der Waals surface area contributed by atoms with E-state index in [9.17, 15) is 15.2 Å². The first-order valence-electron chi connectivity index (χ1n) is 10.1. The van der Waals surface area contributed by atoms with Crippen molar-refractivity contribution in [2.75, 3.05) is 38.6 Å². The fraction of sp³-hybridized carbons (Fsp3) is 0.545.